The zero-order valence-electron chi connectivity index (χ0n) is 14.5. The quantitative estimate of drug-likeness (QED) is 0.232. The molecule has 6 heteroatoms. The molecule has 0 amide bonds. The van der Waals surface area contributed by atoms with Crippen LogP contribution in [0.1, 0.15) is 51.9 Å². The summed E-state index contributed by atoms with van der Waals surface area (Å²) in [6.45, 7) is 7.23. The normalized spacial score (nSPS) is 26.0. The number of carbonyl (C=O) groups is 2. The van der Waals surface area contributed by atoms with E-state index in [4.69, 9.17) is 9.47 Å². The van der Waals surface area contributed by atoms with Gasteiger partial charge in [0, 0.05) is 0 Å². The molecule has 3 atom stereocenters. The van der Waals surface area contributed by atoms with Crippen molar-refractivity contribution in [2.75, 3.05) is 19.8 Å². The van der Waals surface area contributed by atoms with Crippen molar-refractivity contribution in [1.29, 1.82) is 0 Å². The van der Waals surface area contributed by atoms with Crippen molar-refractivity contribution in [2.24, 2.45) is 5.92 Å². The summed E-state index contributed by atoms with van der Waals surface area (Å²) in [6.07, 6.45) is 6.19. The number of carboxylic acids is 1. The minimum Gasteiger partial charge on any atom is -0.480 e. The first-order valence-electron chi connectivity index (χ1n) is 8.93. The highest BCUT2D eigenvalue weighted by atomic mass is 16.6. The van der Waals surface area contributed by atoms with Gasteiger partial charge < -0.3 is 19.9 Å². The van der Waals surface area contributed by atoms with Crippen molar-refractivity contribution < 1.29 is 24.2 Å². The first kappa shape index (κ1) is 18.9. The monoisotopic (exact) mass is 339 g/mol. The second kappa shape index (κ2) is 8.62. The summed E-state index contributed by atoms with van der Waals surface area (Å²) in [5, 5.41) is 12.3. The predicted molar refractivity (Wildman–Crippen MR) is 89.7 cm³/mol. The highest BCUT2D eigenvalue weighted by molar-refractivity contribution is 5.82. The fourth-order valence-electron chi connectivity index (χ4n) is 2.94. The van der Waals surface area contributed by atoms with Gasteiger partial charge in [0.15, 0.2) is 5.60 Å². The first-order valence-corrected chi connectivity index (χ1v) is 8.93. The number of rotatable bonds is 13. The third kappa shape index (κ3) is 5.60. The molecule has 1 heterocycles. The number of nitrogens with one attached hydrogen (secondary N) is 1. The van der Waals surface area contributed by atoms with Gasteiger partial charge in [0.05, 0.1) is 13.2 Å². The van der Waals surface area contributed by atoms with Crippen LogP contribution in [0.25, 0.3) is 0 Å². The van der Waals surface area contributed by atoms with Gasteiger partial charge >= 0.3 is 11.9 Å². The van der Waals surface area contributed by atoms with Crippen molar-refractivity contribution in [3.63, 3.8) is 0 Å². The molecule has 0 aromatic heterocycles. The SMILES string of the molecule is C=C1CC1CC(NCCCCCCC1(C(=O)OCC)CO1)C(=O)O. The van der Waals surface area contributed by atoms with E-state index in [1.165, 1.54) is 5.57 Å². The van der Waals surface area contributed by atoms with E-state index in [0.717, 1.165) is 32.1 Å². The fraction of sp³-hybridized carbons (Fsp3) is 0.778. The Balaban J connectivity index is 1.51. The van der Waals surface area contributed by atoms with Crippen molar-refractivity contribution >= 4 is 11.9 Å². The Labute approximate surface area is 143 Å². The van der Waals surface area contributed by atoms with Crippen LogP contribution in [0.5, 0.6) is 0 Å². The number of ether oxygens (including phenoxy) is 2. The smallest absolute Gasteiger partial charge is 0.340 e. The van der Waals surface area contributed by atoms with Gasteiger partial charge in [-0.1, -0.05) is 25.0 Å². The Hall–Kier alpha value is -1.40. The molecule has 1 aliphatic carbocycles. The summed E-state index contributed by atoms with van der Waals surface area (Å²) >= 11 is 0. The van der Waals surface area contributed by atoms with Crippen LogP contribution >= 0.6 is 0 Å². The molecule has 136 valence electrons. The molecule has 0 radical (unpaired) electrons. The molecule has 2 fully saturated rings. The number of carbonyl (C=O) groups excluding carboxylic acids is 1. The largest absolute Gasteiger partial charge is 0.480 e. The zero-order valence-corrected chi connectivity index (χ0v) is 14.5. The third-order valence-electron chi connectivity index (χ3n) is 4.78. The number of carboxylic acid groups (broad SMARTS) is 1. The summed E-state index contributed by atoms with van der Waals surface area (Å²) in [4.78, 5) is 22.9. The molecule has 0 aromatic carbocycles. The van der Waals surface area contributed by atoms with Gasteiger partial charge in [0.2, 0.25) is 0 Å². The van der Waals surface area contributed by atoms with E-state index in [9.17, 15) is 14.7 Å². The summed E-state index contributed by atoms with van der Waals surface area (Å²) in [7, 11) is 0. The van der Waals surface area contributed by atoms with Crippen LogP contribution in [-0.2, 0) is 19.1 Å². The molecule has 1 aliphatic heterocycles. The van der Waals surface area contributed by atoms with Gasteiger partial charge in [-0.2, -0.15) is 0 Å². The number of hydrogen-bond donors (Lipinski definition) is 2. The maximum Gasteiger partial charge on any atom is 0.340 e. The number of epoxide rings is 1. The van der Waals surface area contributed by atoms with Crippen molar-refractivity contribution in [3.05, 3.63) is 12.2 Å². The number of aliphatic carboxylic acids is 1. The van der Waals surface area contributed by atoms with E-state index < -0.39 is 17.6 Å². The lowest BCUT2D eigenvalue weighted by atomic mass is 10.0. The van der Waals surface area contributed by atoms with Crippen LogP contribution in [0.15, 0.2) is 12.2 Å². The second-order valence-electron chi connectivity index (χ2n) is 6.81. The minimum atomic E-state index is -0.781. The summed E-state index contributed by atoms with van der Waals surface area (Å²) in [5.74, 6) is -0.634. The van der Waals surface area contributed by atoms with Crippen molar-refractivity contribution in [1.82, 2.24) is 5.32 Å². The number of hydrogen-bond acceptors (Lipinski definition) is 5. The Morgan fingerprint density at radius 2 is 2.08 bits per heavy atom. The van der Waals surface area contributed by atoms with Crippen molar-refractivity contribution in [3.8, 4) is 0 Å². The molecule has 1 saturated heterocycles. The minimum absolute atomic E-state index is 0.238. The summed E-state index contributed by atoms with van der Waals surface area (Å²) < 4.78 is 10.3. The third-order valence-corrected chi connectivity index (χ3v) is 4.78. The van der Waals surface area contributed by atoms with Gasteiger partial charge in [0.1, 0.15) is 6.04 Å². The lowest BCUT2D eigenvalue weighted by Crippen LogP contribution is -2.37. The molecule has 0 spiro atoms. The molecule has 2 rings (SSSR count). The Bertz CT molecular complexity index is 472. The Kier molecular flexibility index (Phi) is 6.80. The standard InChI is InChI=1S/C18H29NO5/c1-3-23-17(22)18(12-24-18)8-6-4-5-7-9-19-15(16(20)21)11-14-10-13(14)2/h14-15,19H,2-12H2,1H3,(H,20,21). The van der Waals surface area contributed by atoms with E-state index in [0.29, 0.717) is 38.5 Å². The lowest BCUT2D eigenvalue weighted by molar-refractivity contribution is -0.149. The van der Waals surface area contributed by atoms with Crippen LogP contribution < -0.4 is 5.32 Å². The van der Waals surface area contributed by atoms with Crippen LogP contribution in [-0.4, -0.2) is 48.4 Å². The Morgan fingerprint density at radius 1 is 1.42 bits per heavy atom. The lowest BCUT2D eigenvalue weighted by Gasteiger charge is -2.14. The zero-order chi connectivity index (χ0) is 17.6. The average Bonchev–Trinajstić information content (AvgIpc) is 3.44. The molecular weight excluding hydrogens is 310 g/mol. The highest BCUT2D eigenvalue weighted by Crippen LogP contribution is 2.39. The van der Waals surface area contributed by atoms with Gasteiger partial charge in [-0.05, 0) is 51.5 Å². The van der Waals surface area contributed by atoms with Gasteiger partial charge in [-0.15, -0.1) is 0 Å². The fourth-order valence-corrected chi connectivity index (χ4v) is 2.94. The number of esters is 1. The van der Waals surface area contributed by atoms with Gasteiger partial charge in [-0.25, -0.2) is 4.79 Å². The maximum atomic E-state index is 11.7. The van der Waals surface area contributed by atoms with Crippen LogP contribution in [0.3, 0.4) is 0 Å². The average molecular weight is 339 g/mol. The molecular formula is C18H29NO5. The molecule has 1 saturated carbocycles. The molecule has 24 heavy (non-hydrogen) atoms. The maximum absolute atomic E-state index is 11.7. The highest BCUT2D eigenvalue weighted by Gasteiger charge is 2.52. The molecule has 6 nitrogen and oxygen atoms in total. The van der Waals surface area contributed by atoms with E-state index in [1.54, 1.807) is 6.92 Å². The van der Waals surface area contributed by atoms with E-state index in [1.807, 2.05) is 0 Å². The van der Waals surface area contributed by atoms with Crippen LogP contribution in [0.2, 0.25) is 0 Å². The van der Waals surface area contributed by atoms with Crippen molar-refractivity contribution in [2.45, 2.75) is 63.5 Å². The van der Waals surface area contributed by atoms with Gasteiger partial charge in [0.25, 0.3) is 0 Å². The molecule has 2 N–H and O–H groups in total. The molecule has 2 aliphatic rings. The number of unbranched alkanes of at least 4 members (excludes halogenated alkanes) is 3. The molecule has 0 bridgehead atoms. The van der Waals surface area contributed by atoms with E-state index in [-0.39, 0.29) is 5.97 Å². The van der Waals surface area contributed by atoms with Gasteiger partial charge in [-0.3, -0.25) is 4.79 Å². The number of allylic oxidation sites excluding steroid dienone is 1. The van der Waals surface area contributed by atoms with Crippen LogP contribution in [0.4, 0.5) is 0 Å². The topological polar surface area (TPSA) is 88.2 Å². The summed E-state index contributed by atoms with van der Waals surface area (Å²) in [5.41, 5.74) is 0.496. The van der Waals surface area contributed by atoms with E-state index in [2.05, 4.69) is 11.9 Å². The summed E-state index contributed by atoms with van der Waals surface area (Å²) in [6, 6.07) is -0.471. The van der Waals surface area contributed by atoms with E-state index >= 15 is 0 Å². The molecule has 0 aromatic rings. The second-order valence-corrected chi connectivity index (χ2v) is 6.81. The molecule has 3 unspecified atom stereocenters. The first-order chi connectivity index (χ1) is 11.5. The van der Waals surface area contributed by atoms with Crippen LogP contribution in [0, 0.1) is 5.92 Å². The Morgan fingerprint density at radius 3 is 2.62 bits per heavy atom. The predicted octanol–water partition coefficient (Wildman–Crippen LogP) is 2.28.